The van der Waals surface area contributed by atoms with Crippen LogP contribution in [0.25, 0.3) is 0 Å². The van der Waals surface area contributed by atoms with Gasteiger partial charge in [0.25, 0.3) is 0 Å². The Hall–Kier alpha value is -1.18. The smallest absolute Gasteiger partial charge is 0.390 e. The van der Waals surface area contributed by atoms with Crippen LogP contribution in [0, 0.1) is 17.8 Å². The van der Waals surface area contributed by atoms with Crippen LogP contribution in [0.15, 0.2) is 72.8 Å². The first-order valence-corrected chi connectivity index (χ1v) is 27.2. The topological polar surface area (TPSA) is 105 Å². The van der Waals surface area contributed by atoms with Crippen molar-refractivity contribution in [3.63, 3.8) is 0 Å². The summed E-state index contributed by atoms with van der Waals surface area (Å²) in [6.07, 6.45) is 1.98. The van der Waals surface area contributed by atoms with E-state index in [1.165, 1.54) is 5.56 Å². The molecule has 2 N–H and O–H groups in total. The average Bonchev–Trinajstić information content (AvgIpc) is 3.22. The number of hydrogen-bond donors (Lipinski definition) is 2. The van der Waals surface area contributed by atoms with Gasteiger partial charge in [-0.25, -0.2) is 0 Å². The van der Waals surface area contributed by atoms with Gasteiger partial charge in [-0.3, -0.25) is 0 Å². The second kappa shape index (κ2) is 24.2. The summed E-state index contributed by atoms with van der Waals surface area (Å²) < 4.78 is 44.9. The van der Waals surface area contributed by atoms with E-state index in [2.05, 4.69) is 50.2 Å². The third-order valence-corrected chi connectivity index (χ3v) is 17.6. The molecule has 0 aromatic heterocycles. The summed E-state index contributed by atoms with van der Waals surface area (Å²) >= 11 is 17.9. The van der Waals surface area contributed by atoms with Crippen LogP contribution in [0.4, 0.5) is 0 Å². The molecule has 15 heteroatoms. The van der Waals surface area contributed by atoms with Crippen LogP contribution in [0.5, 0.6) is 0 Å². The zero-order valence-electron chi connectivity index (χ0n) is 33.4. The lowest BCUT2D eigenvalue weighted by Gasteiger charge is -2.37. The molecule has 4 rings (SSSR count). The van der Waals surface area contributed by atoms with Gasteiger partial charge in [0.05, 0.1) is 0 Å². The normalized spacial score (nSPS) is 19.8. The van der Waals surface area contributed by atoms with Gasteiger partial charge in [0.1, 0.15) is 0 Å². The number of halogens is 3. The number of alkyl halides is 3. The predicted molar refractivity (Wildman–Crippen MR) is 230 cm³/mol. The Morgan fingerprint density at radius 3 is 1.50 bits per heavy atom. The standard InChI is InChI=1S/C41H61Cl3O9Si3/c1-5-47-55(22-19-37-8-14-40(25-43)15-9-37,49-28-33(2)27-48-54(45,46)21-18-36-6-12-39(24-42)13-7-36)50-29-34(3)30-51-56(52-31-35(4)32-53-56)23-20-38-10-16-41(26-44)17-11-38/h6-17,33-35,45-46H,5,18-32H2,1-4H3. The molecule has 3 atom stereocenters. The van der Waals surface area contributed by atoms with Crippen molar-refractivity contribution < 1.29 is 40.6 Å². The Morgan fingerprint density at radius 1 is 0.625 bits per heavy atom. The highest BCUT2D eigenvalue weighted by atomic mass is 35.5. The summed E-state index contributed by atoms with van der Waals surface area (Å²) in [5.41, 5.74) is 6.49. The second-order valence-corrected chi connectivity index (χ2v) is 23.6. The minimum absolute atomic E-state index is 0.00449. The zero-order valence-corrected chi connectivity index (χ0v) is 38.6. The van der Waals surface area contributed by atoms with Crippen LogP contribution in [-0.4, -0.2) is 82.3 Å². The van der Waals surface area contributed by atoms with Gasteiger partial charge in [-0.1, -0.05) is 93.6 Å². The average molecular weight is 889 g/mol. The number of hydrogen-bond acceptors (Lipinski definition) is 9. The van der Waals surface area contributed by atoms with Crippen LogP contribution in [0.3, 0.4) is 0 Å². The van der Waals surface area contributed by atoms with E-state index in [0.29, 0.717) is 81.5 Å². The van der Waals surface area contributed by atoms with Gasteiger partial charge in [-0.05, 0) is 59.6 Å². The predicted octanol–water partition coefficient (Wildman–Crippen LogP) is 8.79. The number of aryl methyl sites for hydroxylation is 3. The van der Waals surface area contributed by atoms with Crippen molar-refractivity contribution in [3.05, 3.63) is 106 Å². The Balaban J connectivity index is 1.36. The molecule has 3 aromatic carbocycles. The molecule has 9 nitrogen and oxygen atoms in total. The molecule has 3 unspecified atom stereocenters. The first kappa shape index (κ1) is 47.5. The quantitative estimate of drug-likeness (QED) is 0.0605. The summed E-state index contributed by atoms with van der Waals surface area (Å²) in [6.45, 7) is 10.9. The molecule has 1 aliphatic heterocycles. The molecule has 1 aliphatic rings. The minimum Gasteiger partial charge on any atom is -0.390 e. The first-order valence-electron chi connectivity index (χ1n) is 19.7. The molecule has 0 radical (unpaired) electrons. The van der Waals surface area contributed by atoms with Crippen LogP contribution in [0.1, 0.15) is 61.1 Å². The molecule has 312 valence electrons. The van der Waals surface area contributed by atoms with Crippen molar-refractivity contribution in [2.45, 2.75) is 82.7 Å². The highest BCUT2D eigenvalue weighted by Crippen LogP contribution is 2.27. The molecule has 56 heavy (non-hydrogen) atoms. The molecule has 0 spiro atoms. The Kier molecular flexibility index (Phi) is 20.5. The van der Waals surface area contributed by atoms with Crippen LogP contribution < -0.4 is 0 Å². The number of benzene rings is 3. The fourth-order valence-electron chi connectivity index (χ4n) is 6.03. The van der Waals surface area contributed by atoms with E-state index in [-0.39, 0.29) is 31.1 Å². The maximum atomic E-state index is 10.7. The largest absolute Gasteiger partial charge is 0.501 e. The van der Waals surface area contributed by atoms with Crippen molar-refractivity contribution in [1.29, 1.82) is 0 Å². The van der Waals surface area contributed by atoms with E-state index in [1.54, 1.807) is 0 Å². The van der Waals surface area contributed by atoms with Gasteiger partial charge in [0, 0.05) is 99.8 Å². The lowest BCUT2D eigenvalue weighted by molar-refractivity contribution is -0.0169. The van der Waals surface area contributed by atoms with Crippen molar-refractivity contribution in [2.75, 3.05) is 46.2 Å². The van der Waals surface area contributed by atoms with Crippen molar-refractivity contribution >= 4 is 61.2 Å². The second-order valence-electron chi connectivity index (χ2n) is 15.1. The highest BCUT2D eigenvalue weighted by molar-refractivity contribution is 6.61. The lowest BCUT2D eigenvalue weighted by Crippen LogP contribution is -2.52. The van der Waals surface area contributed by atoms with Gasteiger partial charge in [0.2, 0.25) is 0 Å². The van der Waals surface area contributed by atoms with E-state index in [9.17, 15) is 9.59 Å². The molecule has 0 amide bonds. The molecule has 1 heterocycles. The van der Waals surface area contributed by atoms with E-state index in [4.69, 9.17) is 65.8 Å². The SMILES string of the molecule is CCO[Si](CCc1ccc(CCl)cc1)(OCC(C)CO[Si](O)(O)CCc1ccc(CCl)cc1)OCC(C)CO[Si]1(CCc2ccc(CCl)cc2)OCC(C)CO1. The summed E-state index contributed by atoms with van der Waals surface area (Å²) in [5.74, 6) is 1.54. The molecular formula is C41H61Cl3O9Si3. The molecule has 0 saturated carbocycles. The molecule has 0 bridgehead atoms. The minimum atomic E-state index is -3.90. The highest BCUT2D eigenvalue weighted by Gasteiger charge is 2.46. The van der Waals surface area contributed by atoms with Crippen molar-refractivity contribution in [1.82, 2.24) is 0 Å². The van der Waals surface area contributed by atoms with Gasteiger partial charge in [-0.2, -0.15) is 0 Å². The third kappa shape index (κ3) is 16.5. The van der Waals surface area contributed by atoms with Crippen molar-refractivity contribution in [3.8, 4) is 0 Å². The summed E-state index contributed by atoms with van der Waals surface area (Å²) in [4.78, 5) is 21.5. The monoisotopic (exact) mass is 886 g/mol. The third-order valence-electron chi connectivity index (χ3n) is 9.61. The van der Waals surface area contributed by atoms with Gasteiger partial charge >= 0.3 is 26.4 Å². The van der Waals surface area contributed by atoms with Crippen LogP contribution in [0.2, 0.25) is 18.1 Å². The van der Waals surface area contributed by atoms with E-state index in [1.807, 2.05) is 50.2 Å². The fourth-order valence-corrected chi connectivity index (χ4v) is 13.6. The van der Waals surface area contributed by atoms with E-state index < -0.39 is 26.4 Å². The van der Waals surface area contributed by atoms with E-state index in [0.717, 1.165) is 34.2 Å². The Bertz CT molecular complexity index is 1530. The van der Waals surface area contributed by atoms with Crippen molar-refractivity contribution in [2.24, 2.45) is 17.8 Å². The first-order chi connectivity index (χ1) is 26.9. The summed E-state index contributed by atoms with van der Waals surface area (Å²) in [6, 6.07) is 25.8. The summed E-state index contributed by atoms with van der Waals surface area (Å²) in [7, 11) is -10.1. The molecule has 1 saturated heterocycles. The number of rotatable bonds is 26. The van der Waals surface area contributed by atoms with Gasteiger partial charge in [-0.15, -0.1) is 34.8 Å². The molecular weight excluding hydrogens is 827 g/mol. The zero-order chi connectivity index (χ0) is 40.4. The fraction of sp³-hybridized carbons (Fsp3) is 0.561. The van der Waals surface area contributed by atoms with E-state index >= 15 is 0 Å². The lowest BCUT2D eigenvalue weighted by atomic mass is 10.1. The Morgan fingerprint density at radius 2 is 1.04 bits per heavy atom. The summed E-state index contributed by atoms with van der Waals surface area (Å²) in [5, 5.41) is 0. The van der Waals surface area contributed by atoms with Crippen LogP contribution in [-0.2, 0) is 67.9 Å². The van der Waals surface area contributed by atoms with Gasteiger partial charge in [0.15, 0.2) is 0 Å². The van der Waals surface area contributed by atoms with Gasteiger partial charge < -0.3 is 40.6 Å². The maximum Gasteiger partial charge on any atom is 0.501 e. The Labute approximate surface area is 352 Å². The van der Waals surface area contributed by atoms with Crippen LogP contribution >= 0.6 is 34.8 Å². The molecule has 1 fully saturated rings. The molecule has 3 aromatic rings. The molecule has 0 aliphatic carbocycles. The maximum absolute atomic E-state index is 10.7.